The van der Waals surface area contributed by atoms with Crippen molar-refractivity contribution in [2.24, 2.45) is 0 Å². The van der Waals surface area contributed by atoms with Gasteiger partial charge in [0.2, 0.25) is 0 Å². The molecule has 2 aromatic heterocycles. The highest BCUT2D eigenvalue weighted by Gasteiger charge is 2.59. The zero-order valence-corrected chi connectivity index (χ0v) is 10.9. The van der Waals surface area contributed by atoms with E-state index in [-0.39, 0.29) is 5.92 Å². The van der Waals surface area contributed by atoms with Gasteiger partial charge in [-0.05, 0) is 30.0 Å². The van der Waals surface area contributed by atoms with Crippen LogP contribution in [-0.2, 0) is 5.41 Å². The number of nitriles is 1. The number of hydrogen-bond acceptors (Lipinski definition) is 3. The van der Waals surface area contributed by atoms with Gasteiger partial charge in [-0.1, -0.05) is 18.2 Å². The first-order valence-corrected chi connectivity index (χ1v) is 7.11. The summed E-state index contributed by atoms with van der Waals surface area (Å²) in [4.78, 5) is 9.20. The van der Waals surface area contributed by atoms with E-state index in [0.717, 1.165) is 23.3 Å². The molecule has 1 saturated carbocycles. The molecule has 0 spiro atoms. The molecule has 3 nitrogen and oxygen atoms in total. The molecule has 0 saturated heterocycles. The first kappa shape index (κ1) is 10.8. The fourth-order valence-corrected chi connectivity index (χ4v) is 3.62. The lowest BCUT2D eigenvalue weighted by atomic mass is 10.0. The van der Waals surface area contributed by atoms with E-state index in [1.165, 1.54) is 4.88 Å². The summed E-state index contributed by atoms with van der Waals surface area (Å²) in [5, 5.41) is 11.7. The second-order valence-corrected chi connectivity index (χ2v) is 5.94. The van der Waals surface area contributed by atoms with E-state index in [4.69, 9.17) is 0 Å². The van der Waals surface area contributed by atoms with E-state index in [1.54, 1.807) is 11.3 Å². The molecular formula is C15H11N3S. The summed E-state index contributed by atoms with van der Waals surface area (Å²) in [6.45, 7) is 0. The van der Waals surface area contributed by atoms with Crippen LogP contribution in [0.4, 0.5) is 0 Å². The molecule has 4 heteroatoms. The number of aromatic amines is 1. The normalized spacial score (nSPS) is 25.3. The van der Waals surface area contributed by atoms with Crippen molar-refractivity contribution in [1.82, 2.24) is 9.97 Å². The van der Waals surface area contributed by atoms with Crippen LogP contribution < -0.4 is 0 Å². The molecule has 1 aromatic carbocycles. The van der Waals surface area contributed by atoms with Crippen molar-refractivity contribution in [2.45, 2.75) is 17.8 Å². The minimum absolute atomic E-state index is 0.290. The van der Waals surface area contributed by atoms with Gasteiger partial charge in [0.05, 0.1) is 17.1 Å². The fraction of sp³-hybridized carbons (Fsp3) is 0.200. The van der Waals surface area contributed by atoms with Gasteiger partial charge in [-0.25, -0.2) is 4.98 Å². The highest BCUT2D eigenvalue weighted by atomic mass is 32.1. The predicted molar refractivity (Wildman–Crippen MR) is 75.1 cm³/mol. The van der Waals surface area contributed by atoms with E-state index in [2.05, 4.69) is 27.5 Å². The molecule has 4 rings (SSSR count). The number of nitrogens with zero attached hydrogens (tertiary/aromatic N) is 2. The van der Waals surface area contributed by atoms with Gasteiger partial charge in [0.1, 0.15) is 11.2 Å². The predicted octanol–water partition coefficient (Wildman–Crippen LogP) is 3.57. The van der Waals surface area contributed by atoms with Crippen LogP contribution in [0.5, 0.6) is 0 Å². The van der Waals surface area contributed by atoms with E-state index >= 15 is 0 Å². The Balaban J connectivity index is 1.81. The first-order valence-electron chi connectivity index (χ1n) is 6.23. The molecule has 1 N–H and O–H groups in total. The van der Waals surface area contributed by atoms with E-state index in [9.17, 15) is 5.26 Å². The van der Waals surface area contributed by atoms with Gasteiger partial charge in [0.15, 0.2) is 0 Å². The van der Waals surface area contributed by atoms with Gasteiger partial charge < -0.3 is 4.98 Å². The molecular weight excluding hydrogens is 254 g/mol. The quantitative estimate of drug-likeness (QED) is 0.770. The highest BCUT2D eigenvalue weighted by Crippen LogP contribution is 2.60. The van der Waals surface area contributed by atoms with Crippen molar-refractivity contribution in [3.8, 4) is 6.07 Å². The van der Waals surface area contributed by atoms with Crippen molar-refractivity contribution < 1.29 is 0 Å². The lowest BCUT2D eigenvalue weighted by molar-refractivity contribution is 0.795. The molecule has 1 aliphatic carbocycles. The molecule has 92 valence electrons. The highest BCUT2D eigenvalue weighted by molar-refractivity contribution is 7.10. The summed E-state index contributed by atoms with van der Waals surface area (Å²) < 4.78 is 0. The van der Waals surface area contributed by atoms with E-state index < -0.39 is 5.41 Å². The lowest BCUT2D eigenvalue weighted by Gasteiger charge is -2.03. The average molecular weight is 265 g/mol. The smallest absolute Gasteiger partial charge is 0.128 e. The second-order valence-electron chi connectivity index (χ2n) is 4.96. The minimum atomic E-state index is -0.454. The number of benzene rings is 1. The number of rotatable bonds is 2. The number of H-pyrrole nitrogens is 1. The molecule has 0 unspecified atom stereocenters. The van der Waals surface area contributed by atoms with Gasteiger partial charge >= 0.3 is 0 Å². The summed E-state index contributed by atoms with van der Waals surface area (Å²) in [5.74, 6) is 1.10. The molecule has 0 radical (unpaired) electrons. The summed E-state index contributed by atoms with van der Waals surface area (Å²) >= 11 is 1.72. The molecule has 1 fully saturated rings. The SMILES string of the molecule is N#C[C@]1(c2nc3ccccc3[nH]2)C[C@@H]1c1cccs1. The average Bonchev–Trinajstić information content (AvgIpc) is 2.85. The summed E-state index contributed by atoms with van der Waals surface area (Å²) in [5.41, 5.74) is 1.48. The summed E-state index contributed by atoms with van der Waals surface area (Å²) in [7, 11) is 0. The third kappa shape index (κ3) is 1.45. The molecule has 0 bridgehead atoms. The Morgan fingerprint density at radius 2 is 2.21 bits per heavy atom. The molecule has 2 atom stereocenters. The number of nitrogens with one attached hydrogen (secondary N) is 1. The summed E-state index contributed by atoms with van der Waals surface area (Å²) in [6, 6.07) is 14.6. The number of imidazole rings is 1. The fourth-order valence-electron chi connectivity index (χ4n) is 2.70. The van der Waals surface area contributed by atoms with E-state index in [1.807, 2.05) is 30.3 Å². The maximum absolute atomic E-state index is 9.60. The number of fused-ring (bicyclic) bond motifs is 1. The van der Waals surface area contributed by atoms with Crippen molar-refractivity contribution in [3.63, 3.8) is 0 Å². The van der Waals surface area contributed by atoms with Gasteiger partial charge in [0, 0.05) is 10.8 Å². The molecule has 0 aliphatic heterocycles. The standard InChI is InChI=1S/C15H11N3S/c16-9-15(8-10(15)13-6-3-7-19-13)14-17-11-4-1-2-5-12(11)18-14/h1-7,10H,8H2,(H,17,18)/t10-,15-/m1/s1. The second kappa shape index (κ2) is 3.69. The van der Waals surface area contributed by atoms with Crippen LogP contribution in [-0.4, -0.2) is 9.97 Å². The monoisotopic (exact) mass is 265 g/mol. The topological polar surface area (TPSA) is 52.5 Å². The maximum Gasteiger partial charge on any atom is 0.128 e. The molecule has 19 heavy (non-hydrogen) atoms. The van der Waals surface area contributed by atoms with Crippen LogP contribution in [0.1, 0.15) is 23.0 Å². The van der Waals surface area contributed by atoms with Gasteiger partial charge in [0.25, 0.3) is 0 Å². The Morgan fingerprint density at radius 1 is 1.32 bits per heavy atom. The molecule has 1 aliphatic rings. The third-order valence-corrected chi connectivity index (χ3v) is 4.84. The van der Waals surface area contributed by atoms with Crippen LogP contribution >= 0.6 is 11.3 Å². The van der Waals surface area contributed by atoms with Crippen molar-refractivity contribution in [2.75, 3.05) is 0 Å². The summed E-state index contributed by atoms with van der Waals surface area (Å²) in [6.07, 6.45) is 0.865. The number of para-hydroxylation sites is 2. The zero-order chi connectivity index (χ0) is 12.9. The molecule has 3 aromatic rings. The lowest BCUT2D eigenvalue weighted by Crippen LogP contribution is -2.08. The van der Waals surface area contributed by atoms with Gasteiger partial charge in [-0.2, -0.15) is 5.26 Å². The minimum Gasteiger partial charge on any atom is -0.341 e. The van der Waals surface area contributed by atoms with Crippen LogP contribution in [0, 0.1) is 11.3 Å². The van der Waals surface area contributed by atoms with Crippen molar-refractivity contribution in [3.05, 3.63) is 52.5 Å². The van der Waals surface area contributed by atoms with Crippen LogP contribution in [0.2, 0.25) is 0 Å². The Labute approximate surface area is 114 Å². The number of aromatic nitrogens is 2. The van der Waals surface area contributed by atoms with Crippen LogP contribution in [0.15, 0.2) is 41.8 Å². The first-order chi connectivity index (χ1) is 9.33. The Kier molecular flexibility index (Phi) is 2.09. The van der Waals surface area contributed by atoms with Gasteiger partial charge in [-0.15, -0.1) is 11.3 Å². The van der Waals surface area contributed by atoms with Crippen molar-refractivity contribution >= 4 is 22.4 Å². The molecule has 0 amide bonds. The number of hydrogen-bond donors (Lipinski definition) is 1. The van der Waals surface area contributed by atoms with Gasteiger partial charge in [-0.3, -0.25) is 0 Å². The Hall–Kier alpha value is -2.12. The van der Waals surface area contributed by atoms with E-state index in [0.29, 0.717) is 0 Å². The van der Waals surface area contributed by atoms with Crippen LogP contribution in [0.25, 0.3) is 11.0 Å². The largest absolute Gasteiger partial charge is 0.341 e. The van der Waals surface area contributed by atoms with Crippen LogP contribution in [0.3, 0.4) is 0 Å². The third-order valence-electron chi connectivity index (χ3n) is 3.86. The Bertz CT molecular complexity index is 748. The maximum atomic E-state index is 9.60. The zero-order valence-electron chi connectivity index (χ0n) is 10.1. The Morgan fingerprint density at radius 3 is 2.95 bits per heavy atom. The molecule has 2 heterocycles. The van der Waals surface area contributed by atoms with Crippen molar-refractivity contribution in [1.29, 1.82) is 5.26 Å². The number of thiophene rings is 1.